The van der Waals surface area contributed by atoms with Crippen molar-refractivity contribution < 1.29 is 9.53 Å². The molecule has 0 saturated carbocycles. The lowest BCUT2D eigenvalue weighted by atomic mass is 10.1. The maximum absolute atomic E-state index is 13.0. The van der Waals surface area contributed by atoms with Crippen molar-refractivity contribution in [2.75, 3.05) is 19.4 Å². The van der Waals surface area contributed by atoms with Crippen molar-refractivity contribution in [2.24, 2.45) is 0 Å². The third-order valence-corrected chi connectivity index (χ3v) is 5.39. The number of carbonyl (C=O) groups excluding carboxylic acids is 1. The van der Waals surface area contributed by atoms with Gasteiger partial charge in [0.05, 0.1) is 19.3 Å². The summed E-state index contributed by atoms with van der Waals surface area (Å²) in [6.07, 6.45) is 3.79. The summed E-state index contributed by atoms with van der Waals surface area (Å²) in [5.74, 6) is 0.409. The third kappa shape index (κ3) is 2.45. The van der Waals surface area contributed by atoms with Gasteiger partial charge in [-0.3, -0.25) is 4.79 Å². The molecule has 1 aliphatic carbocycles. The van der Waals surface area contributed by atoms with E-state index in [0.717, 1.165) is 41.9 Å². The number of thiazole rings is 1. The summed E-state index contributed by atoms with van der Waals surface area (Å²) < 4.78 is 5.37. The van der Waals surface area contributed by atoms with Gasteiger partial charge in [-0.25, -0.2) is 9.97 Å². The quantitative estimate of drug-likeness (QED) is 0.908. The highest BCUT2D eigenvalue weighted by molar-refractivity contribution is 7.15. The van der Waals surface area contributed by atoms with Crippen molar-refractivity contribution in [3.63, 3.8) is 0 Å². The van der Waals surface area contributed by atoms with E-state index in [9.17, 15) is 4.79 Å². The first-order valence-electron chi connectivity index (χ1n) is 7.76. The largest absolute Gasteiger partial charge is 0.480 e. The van der Waals surface area contributed by atoms with Crippen LogP contribution < -0.4 is 10.5 Å². The summed E-state index contributed by atoms with van der Waals surface area (Å²) in [4.78, 5) is 24.7. The van der Waals surface area contributed by atoms with Gasteiger partial charge in [0, 0.05) is 23.5 Å². The summed E-state index contributed by atoms with van der Waals surface area (Å²) in [6, 6.07) is 1.97. The average molecular weight is 330 g/mol. The van der Waals surface area contributed by atoms with Crippen LogP contribution in [0.15, 0.2) is 6.07 Å². The Morgan fingerprint density at radius 3 is 3.00 bits per heavy atom. The molecule has 2 N–H and O–H groups in total. The van der Waals surface area contributed by atoms with Gasteiger partial charge in [0.1, 0.15) is 5.56 Å². The number of fused-ring (bicyclic) bond motifs is 2. The van der Waals surface area contributed by atoms with E-state index in [1.165, 1.54) is 16.9 Å². The maximum atomic E-state index is 13.0. The lowest BCUT2D eigenvalue weighted by Crippen LogP contribution is -2.35. The minimum atomic E-state index is -0.0262. The Balaban J connectivity index is 1.65. The second kappa shape index (κ2) is 5.49. The van der Waals surface area contributed by atoms with E-state index in [4.69, 9.17) is 10.5 Å². The van der Waals surface area contributed by atoms with Crippen molar-refractivity contribution in [1.29, 1.82) is 0 Å². The zero-order chi connectivity index (χ0) is 16.0. The normalized spacial score (nSPS) is 16.1. The Hall–Kier alpha value is -2.15. The van der Waals surface area contributed by atoms with Crippen LogP contribution in [0.3, 0.4) is 0 Å². The first kappa shape index (κ1) is 14.4. The first-order valence-corrected chi connectivity index (χ1v) is 8.57. The minimum absolute atomic E-state index is 0.0262. The predicted molar refractivity (Wildman–Crippen MR) is 87.8 cm³/mol. The molecule has 0 bridgehead atoms. The number of amides is 1. The summed E-state index contributed by atoms with van der Waals surface area (Å²) in [5, 5.41) is 0.570. The molecule has 1 amide bonds. The molecule has 3 heterocycles. The number of nitrogens with two attached hydrogens (primary N) is 1. The Morgan fingerprint density at radius 2 is 2.17 bits per heavy atom. The molecule has 2 aliphatic rings. The fourth-order valence-electron chi connectivity index (χ4n) is 3.32. The van der Waals surface area contributed by atoms with Crippen LogP contribution in [0.1, 0.15) is 38.6 Å². The Kier molecular flexibility index (Phi) is 3.45. The zero-order valence-corrected chi connectivity index (χ0v) is 13.8. The lowest BCUT2D eigenvalue weighted by Gasteiger charge is -2.26. The number of aryl methyl sites for hydroxylation is 2. The fourth-order valence-corrected chi connectivity index (χ4v) is 4.22. The average Bonchev–Trinajstić information content (AvgIpc) is 3.16. The highest BCUT2D eigenvalue weighted by atomic mass is 32.1. The van der Waals surface area contributed by atoms with Crippen LogP contribution in [-0.4, -0.2) is 34.4 Å². The van der Waals surface area contributed by atoms with Gasteiger partial charge in [0.2, 0.25) is 5.88 Å². The number of nitrogens with zero attached hydrogens (tertiary/aromatic N) is 3. The van der Waals surface area contributed by atoms with Gasteiger partial charge >= 0.3 is 0 Å². The monoisotopic (exact) mass is 330 g/mol. The Labute approximate surface area is 138 Å². The third-order valence-electron chi connectivity index (χ3n) is 4.47. The molecule has 23 heavy (non-hydrogen) atoms. The van der Waals surface area contributed by atoms with Crippen LogP contribution in [0.2, 0.25) is 0 Å². The number of nitrogen functional groups attached to an aromatic ring is 1. The number of pyridine rings is 1. The van der Waals surface area contributed by atoms with Gasteiger partial charge in [-0.1, -0.05) is 0 Å². The van der Waals surface area contributed by atoms with Crippen molar-refractivity contribution in [3.8, 4) is 5.88 Å². The van der Waals surface area contributed by atoms with E-state index in [2.05, 4.69) is 9.97 Å². The van der Waals surface area contributed by atoms with E-state index in [1.807, 2.05) is 11.0 Å². The van der Waals surface area contributed by atoms with Gasteiger partial charge in [0.25, 0.3) is 5.91 Å². The van der Waals surface area contributed by atoms with E-state index < -0.39 is 0 Å². The first-order chi connectivity index (χ1) is 11.2. The SMILES string of the molecule is COc1nc2c(cc1C(=O)N1CCc3nc(N)sc3C1)CCC2. The standard InChI is InChI=1S/C16H18N4O2S/c1-22-14-10(7-9-3-2-4-11(9)18-14)15(21)20-6-5-12-13(8-20)23-16(17)19-12/h7H,2-6,8H2,1H3,(H2,17,19). The van der Waals surface area contributed by atoms with E-state index in [0.29, 0.717) is 29.7 Å². The van der Waals surface area contributed by atoms with Crippen LogP contribution in [0, 0.1) is 0 Å². The maximum Gasteiger partial charge on any atom is 0.259 e. The second-order valence-electron chi connectivity index (χ2n) is 5.90. The minimum Gasteiger partial charge on any atom is -0.480 e. The number of anilines is 1. The lowest BCUT2D eigenvalue weighted by molar-refractivity contribution is 0.0732. The van der Waals surface area contributed by atoms with Gasteiger partial charge in [-0.2, -0.15) is 0 Å². The molecule has 6 nitrogen and oxygen atoms in total. The number of rotatable bonds is 2. The summed E-state index contributed by atoms with van der Waals surface area (Å²) in [5.41, 5.74) is 9.60. The van der Waals surface area contributed by atoms with E-state index in [-0.39, 0.29) is 5.91 Å². The number of hydrogen-bond donors (Lipinski definition) is 1. The summed E-state index contributed by atoms with van der Waals surface area (Å²) >= 11 is 1.46. The van der Waals surface area contributed by atoms with Crippen molar-refractivity contribution in [2.45, 2.75) is 32.2 Å². The molecule has 7 heteroatoms. The van der Waals surface area contributed by atoms with Gasteiger partial charge in [0.15, 0.2) is 5.13 Å². The van der Waals surface area contributed by atoms with Gasteiger partial charge in [-0.15, -0.1) is 11.3 Å². The molecular formula is C16H18N4O2S. The molecule has 1 aliphatic heterocycles. The molecular weight excluding hydrogens is 312 g/mol. The van der Waals surface area contributed by atoms with E-state index in [1.54, 1.807) is 7.11 Å². The number of ether oxygens (including phenoxy) is 1. The molecule has 4 rings (SSSR count). The van der Waals surface area contributed by atoms with Crippen molar-refractivity contribution >= 4 is 22.4 Å². The molecule has 0 radical (unpaired) electrons. The van der Waals surface area contributed by atoms with Crippen molar-refractivity contribution in [3.05, 3.63) is 33.5 Å². The highest BCUT2D eigenvalue weighted by Gasteiger charge is 2.28. The van der Waals surface area contributed by atoms with Crippen LogP contribution in [-0.2, 0) is 25.8 Å². The molecule has 0 spiro atoms. The Morgan fingerprint density at radius 1 is 1.30 bits per heavy atom. The molecule has 0 aromatic carbocycles. The van der Waals surface area contributed by atoms with E-state index >= 15 is 0 Å². The van der Waals surface area contributed by atoms with Crippen LogP contribution in [0.4, 0.5) is 5.13 Å². The van der Waals surface area contributed by atoms with Crippen LogP contribution in [0.25, 0.3) is 0 Å². The number of aromatic nitrogens is 2. The molecule has 2 aromatic rings. The Bertz CT molecular complexity index is 787. The molecule has 120 valence electrons. The zero-order valence-electron chi connectivity index (χ0n) is 13.0. The number of methoxy groups -OCH3 is 1. The van der Waals surface area contributed by atoms with Crippen LogP contribution >= 0.6 is 11.3 Å². The molecule has 0 atom stereocenters. The topological polar surface area (TPSA) is 81.3 Å². The molecule has 0 saturated heterocycles. The molecule has 0 fully saturated rings. The van der Waals surface area contributed by atoms with Gasteiger partial charge in [-0.05, 0) is 30.9 Å². The fraction of sp³-hybridized carbons (Fsp3) is 0.438. The molecule has 2 aromatic heterocycles. The summed E-state index contributed by atoms with van der Waals surface area (Å²) in [6.45, 7) is 1.21. The number of carbonyl (C=O) groups is 1. The smallest absolute Gasteiger partial charge is 0.259 e. The highest BCUT2D eigenvalue weighted by Crippen LogP contribution is 2.30. The second-order valence-corrected chi connectivity index (χ2v) is 7.02. The molecule has 0 unspecified atom stereocenters. The summed E-state index contributed by atoms with van der Waals surface area (Å²) in [7, 11) is 1.57. The predicted octanol–water partition coefficient (Wildman–Crippen LogP) is 1.82. The van der Waals surface area contributed by atoms with Gasteiger partial charge < -0.3 is 15.4 Å². The van der Waals surface area contributed by atoms with Crippen molar-refractivity contribution in [1.82, 2.24) is 14.9 Å². The number of hydrogen-bond acceptors (Lipinski definition) is 6. The van der Waals surface area contributed by atoms with Crippen LogP contribution in [0.5, 0.6) is 5.88 Å².